The van der Waals surface area contributed by atoms with E-state index in [-0.39, 0.29) is 11.8 Å². The van der Waals surface area contributed by atoms with Crippen molar-refractivity contribution >= 4 is 23.6 Å². The molecule has 1 aromatic heterocycles. The number of aromatic nitrogens is 3. The minimum absolute atomic E-state index is 0.0453. The van der Waals surface area contributed by atoms with E-state index in [1.807, 2.05) is 6.92 Å². The van der Waals surface area contributed by atoms with E-state index in [9.17, 15) is 9.59 Å². The van der Waals surface area contributed by atoms with Crippen molar-refractivity contribution in [2.75, 3.05) is 19.8 Å². The largest absolute Gasteiger partial charge is 0.346 e. The number of carbonyl (C=O) groups is 2. The summed E-state index contributed by atoms with van der Waals surface area (Å²) in [5, 5.41) is 4.66. The maximum absolute atomic E-state index is 11.9. The number of amides is 1. The van der Waals surface area contributed by atoms with E-state index < -0.39 is 0 Å². The monoisotopic (exact) mass is 270 g/mol. The molecule has 7 heteroatoms. The molecule has 0 radical (unpaired) electrons. The van der Waals surface area contributed by atoms with Crippen LogP contribution in [0.2, 0.25) is 0 Å². The molecule has 0 saturated carbocycles. The molecule has 1 heterocycles. The maximum Gasteiger partial charge on any atom is 0.346 e. The SMILES string of the molecule is CCCc1nc(SCC(C)=O)n(C(=O)N(C)C)n1. The molecule has 0 aliphatic heterocycles. The van der Waals surface area contributed by atoms with Crippen molar-refractivity contribution in [3.8, 4) is 0 Å². The number of rotatable bonds is 5. The summed E-state index contributed by atoms with van der Waals surface area (Å²) in [5.74, 6) is 0.980. The first-order valence-corrected chi connectivity index (χ1v) is 6.74. The van der Waals surface area contributed by atoms with E-state index >= 15 is 0 Å². The van der Waals surface area contributed by atoms with Crippen molar-refractivity contribution in [2.24, 2.45) is 0 Å². The Balaban J connectivity index is 2.96. The number of hydrogen-bond acceptors (Lipinski definition) is 5. The maximum atomic E-state index is 11.9. The molecular formula is C11H18N4O2S. The van der Waals surface area contributed by atoms with Gasteiger partial charge in [-0.3, -0.25) is 4.79 Å². The second kappa shape index (κ2) is 6.53. The number of Topliss-reactive ketones (excluding diaryl/α,β-unsaturated/α-hetero) is 1. The van der Waals surface area contributed by atoms with Crippen LogP contribution in [0.1, 0.15) is 26.1 Å². The molecule has 0 saturated heterocycles. The van der Waals surface area contributed by atoms with E-state index in [2.05, 4.69) is 10.1 Å². The summed E-state index contributed by atoms with van der Waals surface area (Å²) >= 11 is 1.24. The third-order valence-corrected chi connectivity index (χ3v) is 3.14. The van der Waals surface area contributed by atoms with Crippen molar-refractivity contribution < 1.29 is 9.59 Å². The van der Waals surface area contributed by atoms with Gasteiger partial charge in [0.05, 0.1) is 5.75 Å². The fourth-order valence-corrected chi connectivity index (χ4v) is 1.98. The highest BCUT2D eigenvalue weighted by molar-refractivity contribution is 7.99. The third-order valence-electron chi connectivity index (χ3n) is 2.06. The lowest BCUT2D eigenvalue weighted by Crippen LogP contribution is -2.29. The molecule has 0 aliphatic carbocycles. The normalized spacial score (nSPS) is 10.4. The fraction of sp³-hybridized carbons (Fsp3) is 0.636. The molecule has 1 aromatic rings. The molecule has 1 amide bonds. The van der Waals surface area contributed by atoms with Crippen LogP contribution in [0.4, 0.5) is 4.79 Å². The Morgan fingerprint density at radius 3 is 2.56 bits per heavy atom. The quantitative estimate of drug-likeness (QED) is 0.757. The van der Waals surface area contributed by atoms with Crippen LogP contribution in [0, 0.1) is 0 Å². The average Bonchev–Trinajstić information content (AvgIpc) is 2.68. The van der Waals surface area contributed by atoms with Gasteiger partial charge in [0.25, 0.3) is 0 Å². The van der Waals surface area contributed by atoms with E-state index in [1.54, 1.807) is 14.1 Å². The van der Waals surface area contributed by atoms with Gasteiger partial charge >= 0.3 is 6.03 Å². The van der Waals surface area contributed by atoms with Crippen LogP contribution < -0.4 is 0 Å². The summed E-state index contributed by atoms with van der Waals surface area (Å²) in [6.45, 7) is 3.53. The van der Waals surface area contributed by atoms with Crippen molar-refractivity contribution in [1.29, 1.82) is 0 Å². The Bertz CT molecular complexity index is 442. The number of thioether (sulfide) groups is 1. The summed E-state index contributed by atoms with van der Waals surface area (Å²) in [7, 11) is 3.31. The van der Waals surface area contributed by atoms with Crippen molar-refractivity contribution in [3.63, 3.8) is 0 Å². The molecule has 0 bridgehead atoms. The molecule has 0 spiro atoms. The summed E-state index contributed by atoms with van der Waals surface area (Å²) in [6.07, 6.45) is 1.64. The summed E-state index contributed by atoms with van der Waals surface area (Å²) in [4.78, 5) is 28.6. The molecule has 0 aromatic carbocycles. The van der Waals surface area contributed by atoms with E-state index in [0.717, 1.165) is 12.8 Å². The van der Waals surface area contributed by atoms with Gasteiger partial charge in [-0.05, 0) is 13.3 Å². The molecular weight excluding hydrogens is 252 g/mol. The first-order chi connectivity index (χ1) is 8.45. The molecule has 0 aliphatic rings. The highest BCUT2D eigenvalue weighted by Crippen LogP contribution is 2.17. The van der Waals surface area contributed by atoms with Gasteiger partial charge in [-0.15, -0.1) is 5.10 Å². The second-order valence-corrected chi connectivity index (χ2v) is 5.08. The first kappa shape index (κ1) is 14.7. The Kier molecular flexibility index (Phi) is 5.33. The number of nitrogens with zero attached hydrogens (tertiary/aromatic N) is 4. The van der Waals surface area contributed by atoms with Crippen LogP contribution in [0.25, 0.3) is 0 Å². The predicted molar refractivity (Wildman–Crippen MR) is 69.9 cm³/mol. The lowest BCUT2D eigenvalue weighted by Gasteiger charge is -2.10. The number of aryl methyl sites for hydroxylation is 1. The first-order valence-electron chi connectivity index (χ1n) is 5.75. The second-order valence-electron chi connectivity index (χ2n) is 4.14. The Morgan fingerprint density at radius 2 is 2.06 bits per heavy atom. The van der Waals surface area contributed by atoms with Crippen molar-refractivity contribution in [2.45, 2.75) is 31.8 Å². The van der Waals surface area contributed by atoms with Gasteiger partial charge in [0.1, 0.15) is 5.78 Å². The van der Waals surface area contributed by atoms with Crippen LogP contribution in [0.3, 0.4) is 0 Å². The molecule has 1 rings (SSSR count). The summed E-state index contributed by atoms with van der Waals surface area (Å²) in [6, 6.07) is -0.254. The smallest absolute Gasteiger partial charge is 0.329 e. The van der Waals surface area contributed by atoms with Gasteiger partial charge in [-0.1, -0.05) is 18.7 Å². The van der Waals surface area contributed by atoms with Crippen LogP contribution in [0.15, 0.2) is 5.16 Å². The Morgan fingerprint density at radius 1 is 1.39 bits per heavy atom. The molecule has 0 atom stereocenters. The number of hydrogen-bond donors (Lipinski definition) is 0. The Hall–Kier alpha value is -1.37. The number of ketones is 1. The molecule has 18 heavy (non-hydrogen) atoms. The molecule has 0 fully saturated rings. The minimum Gasteiger partial charge on any atom is -0.329 e. The molecule has 100 valence electrons. The average molecular weight is 270 g/mol. The fourth-order valence-electron chi connectivity index (χ4n) is 1.24. The number of carbonyl (C=O) groups excluding carboxylic acids is 2. The highest BCUT2D eigenvalue weighted by Gasteiger charge is 2.18. The Labute approximate surface area is 111 Å². The molecule has 6 nitrogen and oxygen atoms in total. The van der Waals surface area contributed by atoms with Gasteiger partial charge in [0.2, 0.25) is 0 Å². The van der Waals surface area contributed by atoms with E-state index in [1.165, 1.54) is 28.3 Å². The van der Waals surface area contributed by atoms with Crippen molar-refractivity contribution in [3.05, 3.63) is 5.82 Å². The lowest BCUT2D eigenvalue weighted by atomic mass is 10.3. The highest BCUT2D eigenvalue weighted by atomic mass is 32.2. The third kappa shape index (κ3) is 3.83. The van der Waals surface area contributed by atoms with Gasteiger partial charge in [-0.2, -0.15) is 4.68 Å². The topological polar surface area (TPSA) is 68.1 Å². The zero-order chi connectivity index (χ0) is 13.7. The minimum atomic E-state index is -0.254. The van der Waals surface area contributed by atoms with Crippen LogP contribution >= 0.6 is 11.8 Å². The predicted octanol–water partition coefficient (Wildman–Crippen LogP) is 1.44. The molecule has 0 unspecified atom stereocenters. The zero-order valence-electron chi connectivity index (χ0n) is 11.1. The van der Waals surface area contributed by atoms with Gasteiger partial charge < -0.3 is 4.90 Å². The summed E-state index contributed by atoms with van der Waals surface area (Å²) in [5.41, 5.74) is 0. The van der Waals surface area contributed by atoms with Gasteiger partial charge in [0.15, 0.2) is 11.0 Å². The van der Waals surface area contributed by atoms with Crippen LogP contribution in [-0.4, -0.2) is 51.3 Å². The van der Waals surface area contributed by atoms with Crippen LogP contribution in [-0.2, 0) is 11.2 Å². The van der Waals surface area contributed by atoms with Gasteiger partial charge in [-0.25, -0.2) is 9.78 Å². The lowest BCUT2D eigenvalue weighted by molar-refractivity contribution is -0.114. The standard InChI is InChI=1S/C11H18N4O2S/c1-5-6-9-12-10(18-7-8(2)16)15(13-9)11(17)14(3)4/h5-7H2,1-4H3. The zero-order valence-corrected chi connectivity index (χ0v) is 12.0. The van der Waals surface area contributed by atoms with Crippen molar-refractivity contribution in [1.82, 2.24) is 19.7 Å². The van der Waals surface area contributed by atoms with E-state index in [4.69, 9.17) is 0 Å². The summed E-state index contributed by atoms with van der Waals surface area (Å²) < 4.78 is 1.26. The van der Waals surface area contributed by atoms with Crippen LogP contribution in [0.5, 0.6) is 0 Å². The van der Waals surface area contributed by atoms with Gasteiger partial charge in [0, 0.05) is 20.5 Å². The molecule has 0 N–H and O–H groups in total. The van der Waals surface area contributed by atoms with E-state index in [0.29, 0.717) is 16.7 Å².